The summed E-state index contributed by atoms with van der Waals surface area (Å²) in [4.78, 5) is 24.6. The predicted octanol–water partition coefficient (Wildman–Crippen LogP) is 0.669. The monoisotopic (exact) mass is 313 g/mol. The number of thioether (sulfide) groups is 1. The summed E-state index contributed by atoms with van der Waals surface area (Å²) in [5, 5.41) is 21.1. The molecule has 1 saturated carbocycles. The Labute approximate surface area is 126 Å². The van der Waals surface area contributed by atoms with Gasteiger partial charge in [-0.3, -0.25) is 9.59 Å². The highest BCUT2D eigenvalue weighted by Crippen LogP contribution is 2.36. The summed E-state index contributed by atoms with van der Waals surface area (Å²) in [6.07, 6.45) is 2.15. The third kappa shape index (κ3) is 4.16. The molecule has 1 heterocycles. The van der Waals surface area contributed by atoms with Gasteiger partial charge in [-0.2, -0.15) is 0 Å². The number of carbonyl (C=O) groups excluding carboxylic acids is 1. The molecular formula is C12H19N5O3S. The first-order valence-electron chi connectivity index (χ1n) is 6.94. The third-order valence-corrected chi connectivity index (χ3v) is 4.25. The van der Waals surface area contributed by atoms with Crippen LogP contribution in [-0.4, -0.2) is 60.9 Å². The summed E-state index contributed by atoms with van der Waals surface area (Å²) in [7, 11) is 0. The quantitative estimate of drug-likeness (QED) is 0.704. The van der Waals surface area contributed by atoms with Crippen LogP contribution in [0.3, 0.4) is 0 Å². The Bertz CT molecular complexity index is 517. The zero-order valence-electron chi connectivity index (χ0n) is 12.1. The molecule has 8 nitrogen and oxygen atoms in total. The smallest absolute Gasteiger partial charge is 0.308 e. The van der Waals surface area contributed by atoms with E-state index in [0.29, 0.717) is 17.7 Å². The van der Waals surface area contributed by atoms with Crippen molar-refractivity contribution in [1.82, 2.24) is 25.1 Å². The van der Waals surface area contributed by atoms with Gasteiger partial charge in [0.05, 0.1) is 17.7 Å². The maximum absolute atomic E-state index is 12.2. The molecule has 1 aliphatic carbocycles. The van der Waals surface area contributed by atoms with Crippen molar-refractivity contribution in [3.8, 4) is 0 Å². The number of aliphatic carboxylic acids is 1. The molecule has 0 saturated heterocycles. The highest BCUT2D eigenvalue weighted by atomic mass is 32.2. The van der Waals surface area contributed by atoms with Crippen LogP contribution in [0.4, 0.5) is 0 Å². The molecule has 0 radical (unpaired) electrons. The molecule has 1 N–H and O–H groups in total. The molecule has 1 unspecified atom stereocenters. The minimum atomic E-state index is -0.897. The number of amides is 1. The zero-order valence-corrected chi connectivity index (χ0v) is 12.9. The van der Waals surface area contributed by atoms with Crippen molar-refractivity contribution < 1.29 is 14.7 Å². The number of tetrazole rings is 1. The summed E-state index contributed by atoms with van der Waals surface area (Å²) in [5.74, 6) is -1.35. The van der Waals surface area contributed by atoms with E-state index in [1.807, 2.05) is 6.92 Å². The highest BCUT2D eigenvalue weighted by molar-refractivity contribution is 7.99. The van der Waals surface area contributed by atoms with Gasteiger partial charge < -0.3 is 10.0 Å². The Kier molecular flexibility index (Phi) is 5.16. The fraction of sp³-hybridized carbons (Fsp3) is 0.750. The molecule has 21 heavy (non-hydrogen) atoms. The molecule has 116 valence electrons. The minimum Gasteiger partial charge on any atom is -0.481 e. The van der Waals surface area contributed by atoms with Gasteiger partial charge in [-0.1, -0.05) is 18.7 Å². The van der Waals surface area contributed by atoms with Crippen molar-refractivity contribution in [3.05, 3.63) is 0 Å². The Morgan fingerprint density at radius 2 is 2.24 bits per heavy atom. The van der Waals surface area contributed by atoms with Crippen LogP contribution in [0, 0.1) is 5.92 Å². The lowest BCUT2D eigenvalue weighted by atomic mass is 10.2. The van der Waals surface area contributed by atoms with Crippen LogP contribution in [0.2, 0.25) is 0 Å². The van der Waals surface area contributed by atoms with Crippen molar-refractivity contribution in [3.63, 3.8) is 0 Å². The number of carbonyl (C=O) groups is 2. The largest absolute Gasteiger partial charge is 0.481 e. The van der Waals surface area contributed by atoms with Crippen molar-refractivity contribution >= 4 is 23.6 Å². The SMILES string of the molecule is CCN(CC(C)C(=O)O)C(=O)CSc1nnnn1C1CC1. The molecule has 1 amide bonds. The van der Waals surface area contributed by atoms with Gasteiger partial charge in [-0.25, -0.2) is 4.68 Å². The third-order valence-electron chi connectivity index (χ3n) is 3.33. The van der Waals surface area contributed by atoms with Crippen molar-refractivity contribution in [2.75, 3.05) is 18.8 Å². The summed E-state index contributed by atoms with van der Waals surface area (Å²) >= 11 is 1.30. The molecule has 0 aromatic carbocycles. The number of hydrogen-bond acceptors (Lipinski definition) is 6. The number of carboxylic acids is 1. The Morgan fingerprint density at radius 1 is 1.52 bits per heavy atom. The average Bonchev–Trinajstić information content (AvgIpc) is 3.20. The summed E-state index contributed by atoms with van der Waals surface area (Å²) < 4.78 is 1.76. The number of hydrogen-bond donors (Lipinski definition) is 1. The van der Waals surface area contributed by atoms with Crippen LogP contribution >= 0.6 is 11.8 Å². The Hall–Kier alpha value is -1.64. The van der Waals surface area contributed by atoms with E-state index < -0.39 is 11.9 Å². The van der Waals surface area contributed by atoms with Gasteiger partial charge in [0, 0.05) is 13.1 Å². The molecule has 1 fully saturated rings. The van der Waals surface area contributed by atoms with Gasteiger partial charge in [0.15, 0.2) is 0 Å². The lowest BCUT2D eigenvalue weighted by Gasteiger charge is -2.22. The van der Waals surface area contributed by atoms with Gasteiger partial charge in [-0.15, -0.1) is 5.10 Å². The van der Waals surface area contributed by atoms with E-state index in [4.69, 9.17) is 5.11 Å². The lowest BCUT2D eigenvalue weighted by molar-refractivity contribution is -0.142. The fourth-order valence-corrected chi connectivity index (χ4v) is 2.71. The molecule has 1 atom stereocenters. The fourth-order valence-electron chi connectivity index (χ4n) is 1.86. The predicted molar refractivity (Wildman–Crippen MR) is 75.9 cm³/mol. The van der Waals surface area contributed by atoms with Crippen LogP contribution in [0.5, 0.6) is 0 Å². The van der Waals surface area contributed by atoms with Crippen molar-refractivity contribution in [1.29, 1.82) is 0 Å². The standard InChI is InChI=1S/C12H19N5O3S/c1-3-16(6-8(2)11(19)20)10(18)7-21-12-13-14-15-17(12)9-4-5-9/h8-9H,3-7H2,1-2H3,(H,19,20). The van der Waals surface area contributed by atoms with Crippen LogP contribution < -0.4 is 0 Å². The number of aromatic nitrogens is 4. The first-order chi connectivity index (χ1) is 10.0. The van der Waals surface area contributed by atoms with E-state index in [2.05, 4.69) is 15.5 Å². The number of rotatable bonds is 8. The lowest BCUT2D eigenvalue weighted by Crippen LogP contribution is -2.37. The number of carboxylic acid groups (broad SMARTS) is 1. The first kappa shape index (κ1) is 15.7. The zero-order chi connectivity index (χ0) is 15.4. The van der Waals surface area contributed by atoms with Crippen LogP contribution in [0.1, 0.15) is 32.7 Å². The molecule has 2 rings (SSSR count). The molecule has 1 aromatic rings. The maximum atomic E-state index is 12.2. The first-order valence-corrected chi connectivity index (χ1v) is 7.92. The number of nitrogens with zero attached hydrogens (tertiary/aromatic N) is 5. The van der Waals surface area contributed by atoms with E-state index in [-0.39, 0.29) is 18.2 Å². The van der Waals surface area contributed by atoms with Crippen molar-refractivity contribution in [2.24, 2.45) is 5.92 Å². The maximum Gasteiger partial charge on any atom is 0.308 e. The van der Waals surface area contributed by atoms with Gasteiger partial charge >= 0.3 is 5.97 Å². The molecule has 1 aromatic heterocycles. The minimum absolute atomic E-state index is 0.0963. The normalized spacial score (nSPS) is 15.7. The molecule has 0 aliphatic heterocycles. The molecule has 0 bridgehead atoms. The van der Waals surface area contributed by atoms with Gasteiger partial charge in [0.1, 0.15) is 0 Å². The van der Waals surface area contributed by atoms with E-state index in [0.717, 1.165) is 12.8 Å². The van der Waals surface area contributed by atoms with E-state index >= 15 is 0 Å². The van der Waals surface area contributed by atoms with Gasteiger partial charge in [0.25, 0.3) is 0 Å². The molecular weight excluding hydrogens is 294 g/mol. The van der Waals surface area contributed by atoms with Crippen molar-refractivity contribution in [2.45, 2.75) is 37.9 Å². The molecule has 1 aliphatic rings. The second-order valence-corrected chi connectivity index (χ2v) is 6.04. The highest BCUT2D eigenvalue weighted by Gasteiger charge is 2.28. The average molecular weight is 313 g/mol. The summed E-state index contributed by atoms with van der Waals surface area (Å²) in [6.45, 7) is 4.15. The summed E-state index contributed by atoms with van der Waals surface area (Å²) in [5.41, 5.74) is 0. The van der Waals surface area contributed by atoms with E-state index in [9.17, 15) is 9.59 Å². The van der Waals surface area contributed by atoms with E-state index in [1.165, 1.54) is 11.8 Å². The second-order valence-electron chi connectivity index (χ2n) is 5.10. The molecule has 9 heteroatoms. The summed E-state index contributed by atoms with van der Waals surface area (Å²) in [6, 6.07) is 0.368. The topological polar surface area (TPSA) is 101 Å². The van der Waals surface area contributed by atoms with Crippen LogP contribution in [0.25, 0.3) is 0 Å². The van der Waals surface area contributed by atoms with Crippen LogP contribution in [0.15, 0.2) is 5.16 Å². The van der Waals surface area contributed by atoms with Crippen LogP contribution in [-0.2, 0) is 9.59 Å². The van der Waals surface area contributed by atoms with Gasteiger partial charge in [-0.05, 0) is 30.2 Å². The Morgan fingerprint density at radius 3 is 2.81 bits per heavy atom. The van der Waals surface area contributed by atoms with E-state index in [1.54, 1.807) is 16.5 Å². The Balaban J connectivity index is 1.87. The second kappa shape index (κ2) is 6.88. The molecule has 0 spiro atoms. The van der Waals surface area contributed by atoms with Gasteiger partial charge in [0.2, 0.25) is 11.1 Å².